The van der Waals surface area contributed by atoms with Crippen molar-refractivity contribution in [2.45, 2.75) is 27.3 Å². The summed E-state index contributed by atoms with van der Waals surface area (Å²) >= 11 is 6.08. The van der Waals surface area contributed by atoms with Gasteiger partial charge in [0.05, 0.1) is 5.69 Å². The lowest BCUT2D eigenvalue weighted by Gasteiger charge is -2.18. The zero-order valence-corrected chi connectivity index (χ0v) is 15.5. The van der Waals surface area contributed by atoms with E-state index in [0.717, 1.165) is 11.1 Å². The van der Waals surface area contributed by atoms with Gasteiger partial charge in [-0.3, -0.25) is 4.79 Å². The van der Waals surface area contributed by atoms with E-state index in [1.807, 2.05) is 26.0 Å². The summed E-state index contributed by atoms with van der Waals surface area (Å²) in [5, 5.41) is 10.6. The summed E-state index contributed by atoms with van der Waals surface area (Å²) in [6, 6.07) is 10.2. The van der Waals surface area contributed by atoms with Gasteiger partial charge in [-0.15, -0.1) is 0 Å². The van der Waals surface area contributed by atoms with E-state index in [1.165, 1.54) is 6.07 Å². The number of halogens is 1. The first kappa shape index (κ1) is 18.0. The fourth-order valence-electron chi connectivity index (χ4n) is 2.93. The molecule has 0 saturated carbocycles. The lowest BCUT2D eigenvalue weighted by molar-refractivity contribution is 0.416. The standard InChI is InChI=1S/C20H19ClN2O3/c1-4-23-18(25)11-17(24)13(3)19(23)15-8-7-14(10-12(15)2)26-20-16(21)6-5-9-22-20/h5-11,25H,4H2,1-3H3. The minimum atomic E-state index is -0.192. The second kappa shape index (κ2) is 7.22. The molecule has 6 heteroatoms. The third kappa shape index (κ3) is 3.30. The van der Waals surface area contributed by atoms with Crippen molar-refractivity contribution in [3.8, 4) is 28.8 Å². The third-order valence-corrected chi connectivity index (χ3v) is 4.53. The first-order valence-electron chi connectivity index (χ1n) is 8.25. The molecule has 0 fully saturated rings. The highest BCUT2D eigenvalue weighted by atomic mass is 35.5. The maximum absolute atomic E-state index is 12.1. The molecule has 0 radical (unpaired) electrons. The number of hydrogen-bond acceptors (Lipinski definition) is 4. The third-order valence-electron chi connectivity index (χ3n) is 4.24. The quantitative estimate of drug-likeness (QED) is 0.723. The Bertz CT molecular complexity index is 1030. The minimum Gasteiger partial charge on any atom is -0.494 e. The Labute approximate surface area is 156 Å². The van der Waals surface area contributed by atoms with Crippen LogP contribution in [0.2, 0.25) is 5.02 Å². The van der Waals surface area contributed by atoms with Crippen LogP contribution in [0.25, 0.3) is 11.3 Å². The molecule has 0 unspecified atom stereocenters. The fourth-order valence-corrected chi connectivity index (χ4v) is 3.09. The Morgan fingerprint density at radius 1 is 1.23 bits per heavy atom. The van der Waals surface area contributed by atoms with E-state index >= 15 is 0 Å². The highest BCUT2D eigenvalue weighted by Crippen LogP contribution is 2.33. The highest BCUT2D eigenvalue weighted by Gasteiger charge is 2.16. The van der Waals surface area contributed by atoms with Crippen LogP contribution in [0.1, 0.15) is 18.1 Å². The van der Waals surface area contributed by atoms with Crippen LogP contribution in [-0.4, -0.2) is 14.7 Å². The Balaban J connectivity index is 2.07. The van der Waals surface area contributed by atoms with Gasteiger partial charge in [0.25, 0.3) is 0 Å². The molecule has 3 rings (SSSR count). The van der Waals surface area contributed by atoms with Gasteiger partial charge in [0.2, 0.25) is 5.88 Å². The number of aryl methyl sites for hydroxylation is 1. The first-order valence-corrected chi connectivity index (χ1v) is 8.63. The molecular formula is C20H19ClN2O3. The van der Waals surface area contributed by atoms with E-state index in [1.54, 1.807) is 35.9 Å². The average molecular weight is 371 g/mol. The van der Waals surface area contributed by atoms with Gasteiger partial charge in [0.1, 0.15) is 10.8 Å². The summed E-state index contributed by atoms with van der Waals surface area (Å²) in [5.74, 6) is 0.883. The SMILES string of the molecule is CCn1c(O)cc(=O)c(C)c1-c1ccc(Oc2ncccc2Cl)cc1C. The second-order valence-corrected chi connectivity index (χ2v) is 6.36. The predicted molar refractivity (Wildman–Crippen MR) is 102 cm³/mol. The van der Waals surface area contributed by atoms with Gasteiger partial charge in [-0.2, -0.15) is 0 Å². The van der Waals surface area contributed by atoms with Crippen LogP contribution in [0, 0.1) is 13.8 Å². The number of rotatable bonds is 4. The molecule has 134 valence electrons. The molecule has 0 bridgehead atoms. The molecule has 0 aliphatic carbocycles. The molecule has 0 aliphatic rings. The van der Waals surface area contributed by atoms with Gasteiger partial charge >= 0.3 is 0 Å². The molecule has 0 aliphatic heterocycles. The first-order chi connectivity index (χ1) is 12.4. The van der Waals surface area contributed by atoms with E-state index in [-0.39, 0.29) is 11.3 Å². The van der Waals surface area contributed by atoms with Crippen LogP contribution < -0.4 is 10.2 Å². The normalized spacial score (nSPS) is 10.8. The van der Waals surface area contributed by atoms with E-state index < -0.39 is 0 Å². The van der Waals surface area contributed by atoms with Gasteiger partial charge in [-0.1, -0.05) is 11.6 Å². The minimum absolute atomic E-state index is 0.0434. The largest absolute Gasteiger partial charge is 0.494 e. The van der Waals surface area contributed by atoms with Crippen molar-refractivity contribution in [2.75, 3.05) is 0 Å². The van der Waals surface area contributed by atoms with Crippen LogP contribution in [0.4, 0.5) is 0 Å². The highest BCUT2D eigenvalue weighted by molar-refractivity contribution is 6.31. The van der Waals surface area contributed by atoms with Crippen molar-refractivity contribution in [1.82, 2.24) is 9.55 Å². The van der Waals surface area contributed by atoms with Crippen LogP contribution in [0.15, 0.2) is 47.4 Å². The van der Waals surface area contributed by atoms with Crippen molar-refractivity contribution < 1.29 is 9.84 Å². The molecule has 0 amide bonds. The Kier molecular flexibility index (Phi) is 5.00. The van der Waals surface area contributed by atoms with Crippen molar-refractivity contribution in [3.63, 3.8) is 0 Å². The number of pyridine rings is 2. The maximum atomic E-state index is 12.1. The van der Waals surface area contributed by atoms with Crippen molar-refractivity contribution in [3.05, 3.63) is 69.0 Å². The maximum Gasteiger partial charge on any atom is 0.238 e. The summed E-state index contributed by atoms with van der Waals surface area (Å²) in [6.07, 6.45) is 1.61. The molecule has 2 aromatic heterocycles. The summed E-state index contributed by atoms with van der Waals surface area (Å²) in [7, 11) is 0. The fraction of sp³-hybridized carbons (Fsp3) is 0.200. The number of aromatic nitrogens is 2. The molecule has 1 aromatic carbocycles. The van der Waals surface area contributed by atoms with Gasteiger partial charge < -0.3 is 14.4 Å². The molecule has 26 heavy (non-hydrogen) atoms. The summed E-state index contributed by atoms with van der Waals surface area (Å²) in [6.45, 7) is 6.16. The Hall–Kier alpha value is -2.79. The zero-order chi connectivity index (χ0) is 18.8. The van der Waals surface area contributed by atoms with E-state index in [2.05, 4.69) is 4.98 Å². The second-order valence-electron chi connectivity index (χ2n) is 5.95. The molecule has 0 saturated heterocycles. The topological polar surface area (TPSA) is 64.4 Å². The van der Waals surface area contributed by atoms with Crippen molar-refractivity contribution in [1.29, 1.82) is 0 Å². The summed E-state index contributed by atoms with van der Waals surface area (Å²) in [4.78, 5) is 16.3. The van der Waals surface area contributed by atoms with Crippen molar-refractivity contribution >= 4 is 11.6 Å². The van der Waals surface area contributed by atoms with Gasteiger partial charge in [0.15, 0.2) is 11.3 Å². The molecule has 0 atom stereocenters. The molecule has 5 nitrogen and oxygen atoms in total. The summed E-state index contributed by atoms with van der Waals surface area (Å²) in [5.41, 5.74) is 2.87. The van der Waals surface area contributed by atoms with Gasteiger partial charge in [0, 0.05) is 29.9 Å². The van der Waals surface area contributed by atoms with Crippen molar-refractivity contribution in [2.24, 2.45) is 0 Å². The monoisotopic (exact) mass is 370 g/mol. The number of nitrogens with zero attached hydrogens (tertiary/aromatic N) is 2. The van der Waals surface area contributed by atoms with Crippen LogP contribution in [0.3, 0.4) is 0 Å². The number of benzene rings is 1. The van der Waals surface area contributed by atoms with Gasteiger partial charge in [-0.05, 0) is 56.7 Å². The lowest BCUT2D eigenvalue weighted by atomic mass is 10.0. The summed E-state index contributed by atoms with van der Waals surface area (Å²) < 4.78 is 7.47. The van der Waals surface area contributed by atoms with E-state index in [4.69, 9.17) is 16.3 Å². The van der Waals surface area contributed by atoms with Gasteiger partial charge in [-0.25, -0.2) is 4.98 Å². The number of aromatic hydroxyl groups is 1. The molecule has 3 aromatic rings. The molecule has 1 N–H and O–H groups in total. The average Bonchev–Trinajstić information content (AvgIpc) is 2.60. The molecule has 2 heterocycles. The van der Waals surface area contributed by atoms with E-state index in [9.17, 15) is 9.90 Å². The number of hydrogen-bond donors (Lipinski definition) is 1. The Morgan fingerprint density at radius 2 is 2.00 bits per heavy atom. The molecule has 0 spiro atoms. The number of ether oxygens (including phenoxy) is 1. The van der Waals surface area contributed by atoms with Crippen LogP contribution >= 0.6 is 11.6 Å². The zero-order valence-electron chi connectivity index (χ0n) is 14.8. The lowest BCUT2D eigenvalue weighted by Crippen LogP contribution is -2.14. The van der Waals surface area contributed by atoms with Crippen LogP contribution in [0.5, 0.6) is 17.5 Å². The molecular weight excluding hydrogens is 352 g/mol. The smallest absolute Gasteiger partial charge is 0.238 e. The van der Waals surface area contributed by atoms with Crippen LogP contribution in [-0.2, 0) is 6.54 Å². The Morgan fingerprint density at radius 3 is 2.65 bits per heavy atom. The predicted octanol–water partition coefficient (Wildman–Crippen LogP) is 4.70. The van der Waals surface area contributed by atoms with E-state index in [0.29, 0.717) is 34.5 Å².